The summed E-state index contributed by atoms with van der Waals surface area (Å²) in [6.45, 7) is 0.200. The standard InChI is InChI=1S/C13H10O6/c1-15-13(14)10-4-5-12(19-10)18-8-2-3-9-11(6-8)17-7-16-9/h2-6H,7H2,1H3. The van der Waals surface area contributed by atoms with Crippen LogP contribution in [-0.4, -0.2) is 19.9 Å². The second kappa shape index (κ2) is 4.56. The number of hydrogen-bond donors (Lipinski definition) is 0. The van der Waals surface area contributed by atoms with Gasteiger partial charge in [0.05, 0.1) is 7.11 Å². The van der Waals surface area contributed by atoms with Gasteiger partial charge in [0.15, 0.2) is 11.5 Å². The summed E-state index contributed by atoms with van der Waals surface area (Å²) >= 11 is 0. The lowest BCUT2D eigenvalue weighted by Gasteiger charge is -2.03. The number of carbonyl (C=O) groups is 1. The minimum Gasteiger partial charge on any atom is -0.463 e. The summed E-state index contributed by atoms with van der Waals surface area (Å²) in [4.78, 5) is 11.2. The van der Waals surface area contributed by atoms with E-state index in [1.807, 2.05) is 0 Å². The fraction of sp³-hybridized carbons (Fsp3) is 0.154. The first-order valence-electron chi connectivity index (χ1n) is 5.52. The van der Waals surface area contributed by atoms with E-state index in [1.165, 1.54) is 19.2 Å². The largest absolute Gasteiger partial charge is 0.463 e. The lowest BCUT2D eigenvalue weighted by Crippen LogP contribution is -1.98. The van der Waals surface area contributed by atoms with E-state index in [1.54, 1.807) is 18.2 Å². The number of rotatable bonds is 3. The summed E-state index contributed by atoms with van der Waals surface area (Å²) < 4.78 is 25.6. The van der Waals surface area contributed by atoms with Gasteiger partial charge in [0, 0.05) is 12.1 Å². The Morgan fingerprint density at radius 3 is 2.84 bits per heavy atom. The zero-order valence-corrected chi connectivity index (χ0v) is 10.0. The third-order valence-corrected chi connectivity index (χ3v) is 2.53. The Labute approximate surface area is 108 Å². The average Bonchev–Trinajstić information content (AvgIpc) is 3.06. The van der Waals surface area contributed by atoms with Gasteiger partial charge in [-0.05, 0) is 18.2 Å². The molecule has 0 aliphatic carbocycles. The molecule has 0 spiro atoms. The molecule has 0 saturated heterocycles. The molecular weight excluding hydrogens is 252 g/mol. The highest BCUT2D eigenvalue weighted by Gasteiger charge is 2.16. The van der Waals surface area contributed by atoms with Crippen molar-refractivity contribution in [2.24, 2.45) is 0 Å². The van der Waals surface area contributed by atoms with Crippen LogP contribution in [0, 0.1) is 0 Å². The second-order valence-corrected chi connectivity index (χ2v) is 3.73. The van der Waals surface area contributed by atoms with Crippen molar-refractivity contribution in [2.75, 3.05) is 13.9 Å². The second-order valence-electron chi connectivity index (χ2n) is 3.73. The molecule has 0 saturated carbocycles. The predicted octanol–water partition coefficient (Wildman–Crippen LogP) is 2.59. The Kier molecular flexibility index (Phi) is 2.75. The molecule has 0 radical (unpaired) electrons. The van der Waals surface area contributed by atoms with E-state index in [2.05, 4.69) is 4.74 Å². The number of fused-ring (bicyclic) bond motifs is 1. The first-order valence-corrected chi connectivity index (χ1v) is 5.52. The van der Waals surface area contributed by atoms with E-state index >= 15 is 0 Å². The van der Waals surface area contributed by atoms with Crippen molar-refractivity contribution in [1.82, 2.24) is 0 Å². The summed E-state index contributed by atoms with van der Waals surface area (Å²) in [5, 5.41) is 0. The van der Waals surface area contributed by atoms with Gasteiger partial charge >= 0.3 is 5.97 Å². The number of methoxy groups -OCH3 is 1. The zero-order valence-electron chi connectivity index (χ0n) is 10.0. The van der Waals surface area contributed by atoms with Crippen molar-refractivity contribution in [3.8, 4) is 23.2 Å². The molecule has 2 heterocycles. The van der Waals surface area contributed by atoms with Gasteiger partial charge in [-0.15, -0.1) is 0 Å². The highest BCUT2D eigenvalue weighted by Crippen LogP contribution is 2.36. The van der Waals surface area contributed by atoms with Crippen LogP contribution in [0.5, 0.6) is 23.2 Å². The van der Waals surface area contributed by atoms with Crippen LogP contribution in [0.15, 0.2) is 34.7 Å². The molecule has 2 aromatic rings. The molecule has 1 aromatic heterocycles. The Morgan fingerprint density at radius 2 is 2.00 bits per heavy atom. The monoisotopic (exact) mass is 262 g/mol. The molecule has 1 aromatic carbocycles. The summed E-state index contributed by atoms with van der Waals surface area (Å²) in [5.41, 5.74) is 0. The average molecular weight is 262 g/mol. The van der Waals surface area contributed by atoms with Crippen LogP contribution in [-0.2, 0) is 4.74 Å². The van der Waals surface area contributed by atoms with Gasteiger partial charge in [-0.2, -0.15) is 0 Å². The van der Waals surface area contributed by atoms with Gasteiger partial charge in [0.1, 0.15) is 5.75 Å². The van der Waals surface area contributed by atoms with Crippen molar-refractivity contribution in [2.45, 2.75) is 0 Å². The third-order valence-electron chi connectivity index (χ3n) is 2.53. The smallest absolute Gasteiger partial charge is 0.374 e. The molecule has 0 fully saturated rings. The zero-order chi connectivity index (χ0) is 13.2. The first kappa shape index (κ1) is 11.5. The van der Waals surface area contributed by atoms with Crippen LogP contribution in [0.25, 0.3) is 0 Å². The van der Waals surface area contributed by atoms with E-state index in [4.69, 9.17) is 18.6 Å². The Bertz CT molecular complexity index is 615. The Morgan fingerprint density at radius 1 is 1.16 bits per heavy atom. The molecule has 0 atom stereocenters. The number of esters is 1. The van der Waals surface area contributed by atoms with E-state index < -0.39 is 5.97 Å². The molecule has 6 heteroatoms. The molecule has 0 N–H and O–H groups in total. The molecular formula is C13H10O6. The molecule has 1 aliphatic heterocycles. The Balaban J connectivity index is 1.78. The number of carbonyl (C=O) groups excluding carboxylic acids is 1. The van der Waals surface area contributed by atoms with Crippen molar-refractivity contribution in [3.63, 3.8) is 0 Å². The molecule has 0 amide bonds. The maximum Gasteiger partial charge on any atom is 0.374 e. The topological polar surface area (TPSA) is 67.1 Å². The summed E-state index contributed by atoms with van der Waals surface area (Å²) in [6, 6.07) is 8.16. The van der Waals surface area contributed by atoms with Crippen molar-refractivity contribution >= 4 is 5.97 Å². The lowest BCUT2D eigenvalue weighted by atomic mass is 10.3. The molecule has 3 rings (SSSR count). The van der Waals surface area contributed by atoms with Crippen molar-refractivity contribution in [3.05, 3.63) is 36.1 Å². The Hall–Kier alpha value is -2.63. The van der Waals surface area contributed by atoms with Crippen LogP contribution in [0.4, 0.5) is 0 Å². The van der Waals surface area contributed by atoms with Crippen molar-refractivity contribution < 1.29 is 28.2 Å². The maximum atomic E-state index is 11.2. The number of ether oxygens (including phenoxy) is 4. The van der Waals surface area contributed by atoms with Gasteiger partial charge in [-0.25, -0.2) is 4.79 Å². The first-order chi connectivity index (χ1) is 9.26. The van der Waals surface area contributed by atoms with Crippen LogP contribution < -0.4 is 14.2 Å². The molecule has 0 unspecified atom stereocenters. The minimum atomic E-state index is -0.555. The SMILES string of the molecule is COC(=O)c1ccc(Oc2ccc3c(c2)OCO3)o1. The maximum absolute atomic E-state index is 11.2. The number of benzene rings is 1. The quantitative estimate of drug-likeness (QED) is 0.792. The lowest BCUT2D eigenvalue weighted by molar-refractivity contribution is 0.0560. The third kappa shape index (κ3) is 2.20. The number of furan rings is 1. The van der Waals surface area contributed by atoms with Gasteiger partial charge in [-0.3, -0.25) is 0 Å². The van der Waals surface area contributed by atoms with Gasteiger partial charge in [0.2, 0.25) is 12.6 Å². The van der Waals surface area contributed by atoms with Gasteiger partial charge in [-0.1, -0.05) is 0 Å². The summed E-state index contributed by atoms with van der Waals surface area (Å²) in [7, 11) is 1.28. The molecule has 0 bridgehead atoms. The molecule has 1 aliphatic rings. The van der Waals surface area contributed by atoms with Gasteiger partial charge < -0.3 is 23.4 Å². The normalized spacial score (nSPS) is 12.3. The molecule has 98 valence electrons. The van der Waals surface area contributed by atoms with E-state index in [0.717, 1.165) is 0 Å². The van der Waals surface area contributed by atoms with E-state index in [-0.39, 0.29) is 18.5 Å². The van der Waals surface area contributed by atoms with Crippen LogP contribution in [0.2, 0.25) is 0 Å². The highest BCUT2D eigenvalue weighted by molar-refractivity contribution is 5.86. The van der Waals surface area contributed by atoms with Crippen molar-refractivity contribution in [1.29, 1.82) is 0 Å². The summed E-state index contributed by atoms with van der Waals surface area (Å²) in [6.07, 6.45) is 0. The minimum absolute atomic E-state index is 0.0817. The van der Waals surface area contributed by atoms with E-state index in [9.17, 15) is 4.79 Å². The van der Waals surface area contributed by atoms with Crippen LogP contribution in [0.1, 0.15) is 10.6 Å². The molecule has 6 nitrogen and oxygen atoms in total. The van der Waals surface area contributed by atoms with Gasteiger partial charge in [0.25, 0.3) is 5.95 Å². The highest BCUT2D eigenvalue weighted by atomic mass is 16.7. The molecule has 19 heavy (non-hydrogen) atoms. The predicted molar refractivity (Wildman–Crippen MR) is 62.7 cm³/mol. The van der Waals surface area contributed by atoms with Crippen LogP contribution >= 0.6 is 0 Å². The number of hydrogen-bond acceptors (Lipinski definition) is 6. The fourth-order valence-corrected chi connectivity index (χ4v) is 1.64. The summed E-state index contributed by atoms with van der Waals surface area (Å²) in [5.74, 6) is 1.52. The van der Waals surface area contributed by atoms with Crippen LogP contribution in [0.3, 0.4) is 0 Å². The fourth-order valence-electron chi connectivity index (χ4n) is 1.64. The van der Waals surface area contributed by atoms with E-state index in [0.29, 0.717) is 17.2 Å².